The summed E-state index contributed by atoms with van der Waals surface area (Å²) in [5, 5.41) is 3.08. The van der Waals surface area contributed by atoms with Gasteiger partial charge in [0.15, 0.2) is 0 Å². The van der Waals surface area contributed by atoms with Gasteiger partial charge in [-0.2, -0.15) is 0 Å². The molecule has 0 atom stereocenters. The molecule has 1 aliphatic heterocycles. The summed E-state index contributed by atoms with van der Waals surface area (Å²) in [5.74, 6) is -0.0703. The third-order valence-electron chi connectivity index (χ3n) is 4.90. The van der Waals surface area contributed by atoms with Crippen molar-refractivity contribution in [2.24, 2.45) is 0 Å². The van der Waals surface area contributed by atoms with Gasteiger partial charge in [0.1, 0.15) is 0 Å². The average Bonchev–Trinajstić information content (AvgIpc) is 3.16. The first-order valence-corrected chi connectivity index (χ1v) is 9.69. The standard InChI is InChI=1S/C20H19BrN4O2/c21-16-4-2-1-3-15(16)20(27)25-9-7-14(8-10-25)24-19(26)13-5-6-17-18(11-13)23-12-22-17/h1-6,11-12,14H,7-10H2,(H,22,23)(H,24,26). The topological polar surface area (TPSA) is 78.1 Å². The van der Waals surface area contributed by atoms with E-state index in [1.807, 2.05) is 41.3 Å². The normalized spacial score (nSPS) is 15.1. The molecule has 4 rings (SSSR count). The van der Waals surface area contributed by atoms with E-state index in [-0.39, 0.29) is 17.9 Å². The number of nitrogens with zero attached hydrogens (tertiary/aromatic N) is 2. The summed E-state index contributed by atoms with van der Waals surface area (Å²) in [5.41, 5.74) is 2.97. The first-order valence-electron chi connectivity index (χ1n) is 8.89. The molecule has 1 fully saturated rings. The van der Waals surface area contributed by atoms with Crippen molar-refractivity contribution in [2.75, 3.05) is 13.1 Å². The van der Waals surface area contributed by atoms with Gasteiger partial charge >= 0.3 is 0 Å². The van der Waals surface area contributed by atoms with Gasteiger partial charge in [0, 0.05) is 29.2 Å². The van der Waals surface area contributed by atoms with Crippen LogP contribution in [-0.4, -0.2) is 45.8 Å². The highest BCUT2D eigenvalue weighted by molar-refractivity contribution is 9.10. The van der Waals surface area contributed by atoms with Crippen molar-refractivity contribution < 1.29 is 9.59 Å². The third kappa shape index (κ3) is 3.73. The van der Waals surface area contributed by atoms with Gasteiger partial charge in [-0.1, -0.05) is 12.1 Å². The zero-order valence-electron chi connectivity index (χ0n) is 14.6. The molecule has 3 aromatic rings. The van der Waals surface area contributed by atoms with Gasteiger partial charge in [-0.25, -0.2) is 4.98 Å². The quantitative estimate of drug-likeness (QED) is 0.673. The van der Waals surface area contributed by atoms with Gasteiger partial charge in [-0.15, -0.1) is 0 Å². The van der Waals surface area contributed by atoms with E-state index >= 15 is 0 Å². The van der Waals surface area contributed by atoms with Crippen LogP contribution in [0.5, 0.6) is 0 Å². The highest BCUT2D eigenvalue weighted by Crippen LogP contribution is 2.21. The molecule has 1 aromatic heterocycles. The number of benzene rings is 2. The van der Waals surface area contributed by atoms with E-state index in [2.05, 4.69) is 31.2 Å². The summed E-state index contributed by atoms with van der Waals surface area (Å²) in [6.45, 7) is 1.26. The van der Waals surface area contributed by atoms with Crippen LogP contribution in [0.3, 0.4) is 0 Å². The number of H-pyrrole nitrogens is 1. The summed E-state index contributed by atoms with van der Waals surface area (Å²) in [4.78, 5) is 34.2. The Kier molecular flexibility index (Phi) is 4.94. The van der Waals surface area contributed by atoms with Gasteiger partial charge in [0.05, 0.1) is 22.9 Å². The van der Waals surface area contributed by atoms with Crippen LogP contribution in [0, 0.1) is 0 Å². The Balaban J connectivity index is 1.35. The molecule has 27 heavy (non-hydrogen) atoms. The Hall–Kier alpha value is -2.67. The van der Waals surface area contributed by atoms with Crippen molar-refractivity contribution in [3.63, 3.8) is 0 Å². The molecule has 6 nitrogen and oxygen atoms in total. The van der Waals surface area contributed by atoms with Crippen LogP contribution in [0.4, 0.5) is 0 Å². The second-order valence-electron chi connectivity index (χ2n) is 6.65. The lowest BCUT2D eigenvalue weighted by Gasteiger charge is -2.32. The minimum Gasteiger partial charge on any atom is -0.349 e. The second kappa shape index (κ2) is 7.52. The highest BCUT2D eigenvalue weighted by atomic mass is 79.9. The number of rotatable bonds is 3. The van der Waals surface area contributed by atoms with Gasteiger partial charge in [0.2, 0.25) is 0 Å². The summed E-state index contributed by atoms with van der Waals surface area (Å²) in [6.07, 6.45) is 3.10. The number of halogens is 1. The predicted molar refractivity (Wildman–Crippen MR) is 107 cm³/mol. The molecule has 138 valence electrons. The number of carbonyl (C=O) groups is 2. The molecule has 2 heterocycles. The number of nitrogens with one attached hydrogen (secondary N) is 2. The van der Waals surface area contributed by atoms with Crippen LogP contribution in [-0.2, 0) is 0 Å². The Morgan fingerprint density at radius 1 is 1.15 bits per heavy atom. The van der Waals surface area contributed by atoms with Crippen LogP contribution in [0.15, 0.2) is 53.3 Å². The largest absolute Gasteiger partial charge is 0.349 e. The van der Waals surface area contributed by atoms with Crippen molar-refractivity contribution in [1.29, 1.82) is 0 Å². The maximum Gasteiger partial charge on any atom is 0.254 e. The first-order chi connectivity index (χ1) is 13.1. The minimum atomic E-state index is -0.0953. The summed E-state index contributed by atoms with van der Waals surface area (Å²) in [6, 6.07) is 12.9. The third-order valence-corrected chi connectivity index (χ3v) is 5.60. The average molecular weight is 427 g/mol. The fraction of sp³-hybridized carbons (Fsp3) is 0.250. The van der Waals surface area contributed by atoms with Crippen molar-refractivity contribution in [3.8, 4) is 0 Å². The maximum absolute atomic E-state index is 12.7. The number of carbonyl (C=O) groups excluding carboxylic acids is 2. The monoisotopic (exact) mass is 426 g/mol. The molecule has 0 radical (unpaired) electrons. The van der Waals surface area contributed by atoms with Gasteiger partial charge in [-0.3, -0.25) is 9.59 Å². The number of aromatic amines is 1. The van der Waals surface area contributed by atoms with E-state index in [4.69, 9.17) is 0 Å². The molecule has 0 aliphatic carbocycles. The Morgan fingerprint density at radius 2 is 1.93 bits per heavy atom. The number of likely N-dealkylation sites (tertiary alicyclic amines) is 1. The molecule has 2 amide bonds. The van der Waals surface area contributed by atoms with Crippen LogP contribution >= 0.6 is 15.9 Å². The smallest absolute Gasteiger partial charge is 0.254 e. The Morgan fingerprint density at radius 3 is 2.70 bits per heavy atom. The SMILES string of the molecule is O=C(NC1CCN(C(=O)c2ccccc2Br)CC1)c1ccc2nc[nH]c2c1. The Labute approximate surface area is 165 Å². The Bertz CT molecular complexity index is 992. The predicted octanol–water partition coefficient (Wildman–Crippen LogP) is 3.36. The number of aromatic nitrogens is 2. The highest BCUT2D eigenvalue weighted by Gasteiger charge is 2.25. The van der Waals surface area contributed by atoms with Crippen LogP contribution in [0.2, 0.25) is 0 Å². The van der Waals surface area contributed by atoms with Crippen LogP contribution in [0.25, 0.3) is 11.0 Å². The molecule has 1 aliphatic rings. The molecular weight excluding hydrogens is 408 g/mol. The van der Waals surface area contributed by atoms with Gasteiger partial charge in [-0.05, 0) is 59.1 Å². The van der Waals surface area contributed by atoms with Crippen molar-refractivity contribution in [1.82, 2.24) is 20.2 Å². The maximum atomic E-state index is 12.7. The molecule has 2 aromatic carbocycles. The van der Waals surface area contributed by atoms with Gasteiger partial charge in [0.25, 0.3) is 11.8 Å². The molecule has 0 saturated carbocycles. The second-order valence-corrected chi connectivity index (χ2v) is 7.51. The fourth-order valence-electron chi connectivity index (χ4n) is 3.38. The number of hydrogen-bond donors (Lipinski definition) is 2. The lowest BCUT2D eigenvalue weighted by atomic mass is 10.0. The first kappa shape index (κ1) is 17.7. The summed E-state index contributed by atoms with van der Waals surface area (Å²) < 4.78 is 0.805. The summed E-state index contributed by atoms with van der Waals surface area (Å²) >= 11 is 3.44. The lowest BCUT2D eigenvalue weighted by molar-refractivity contribution is 0.0697. The molecule has 0 bridgehead atoms. The van der Waals surface area contributed by atoms with Crippen molar-refractivity contribution >= 4 is 38.8 Å². The number of hydrogen-bond acceptors (Lipinski definition) is 3. The molecular formula is C20H19BrN4O2. The molecule has 0 spiro atoms. The lowest BCUT2D eigenvalue weighted by Crippen LogP contribution is -2.46. The van der Waals surface area contributed by atoms with E-state index in [0.29, 0.717) is 24.2 Å². The number of imidazole rings is 1. The van der Waals surface area contributed by atoms with E-state index in [1.54, 1.807) is 12.4 Å². The molecule has 7 heteroatoms. The van der Waals surface area contributed by atoms with E-state index in [1.165, 1.54) is 0 Å². The van der Waals surface area contributed by atoms with E-state index in [0.717, 1.165) is 28.3 Å². The number of amides is 2. The molecule has 2 N–H and O–H groups in total. The summed E-state index contributed by atoms with van der Waals surface area (Å²) in [7, 11) is 0. The van der Waals surface area contributed by atoms with Crippen molar-refractivity contribution in [2.45, 2.75) is 18.9 Å². The fourth-order valence-corrected chi connectivity index (χ4v) is 3.83. The number of fused-ring (bicyclic) bond motifs is 1. The van der Waals surface area contributed by atoms with Crippen LogP contribution in [0.1, 0.15) is 33.6 Å². The number of piperidine rings is 1. The van der Waals surface area contributed by atoms with Crippen LogP contribution < -0.4 is 5.32 Å². The molecule has 1 saturated heterocycles. The minimum absolute atomic E-state index is 0.0250. The molecule has 0 unspecified atom stereocenters. The zero-order chi connectivity index (χ0) is 18.8. The van der Waals surface area contributed by atoms with Gasteiger partial charge < -0.3 is 15.2 Å². The van der Waals surface area contributed by atoms with E-state index in [9.17, 15) is 9.59 Å². The zero-order valence-corrected chi connectivity index (χ0v) is 16.2. The van der Waals surface area contributed by atoms with E-state index < -0.39 is 0 Å². The van der Waals surface area contributed by atoms with Crippen molar-refractivity contribution in [3.05, 3.63) is 64.4 Å².